The van der Waals surface area contributed by atoms with Crippen LogP contribution in [0.15, 0.2) is 42.5 Å². The molecule has 0 atom stereocenters. The fraction of sp³-hybridized carbons (Fsp3) is 0.250. The number of carbonyl (C=O) groups is 1. The maximum atomic E-state index is 12.2. The highest BCUT2D eigenvalue weighted by Crippen LogP contribution is 2.16. The molecule has 0 aliphatic rings. The fourth-order valence-electron chi connectivity index (χ4n) is 2.24. The maximum Gasteiger partial charge on any atom is 0.338 e. The zero-order chi connectivity index (χ0) is 15.4. The summed E-state index contributed by atoms with van der Waals surface area (Å²) in [6, 6.07) is 13.4. The lowest BCUT2D eigenvalue weighted by atomic mass is 10.1. The molecular formula is C16H16N4O2. The summed E-state index contributed by atoms with van der Waals surface area (Å²) in [6.07, 6.45) is 0.913. The number of nitrogens with zero attached hydrogens (tertiary/aromatic N) is 4. The summed E-state index contributed by atoms with van der Waals surface area (Å²) in [4.78, 5) is 12.2. The van der Waals surface area contributed by atoms with E-state index in [1.807, 2.05) is 43.3 Å². The van der Waals surface area contributed by atoms with Gasteiger partial charge in [-0.3, -0.25) is 0 Å². The van der Waals surface area contributed by atoms with Crippen molar-refractivity contribution in [3.05, 3.63) is 53.9 Å². The predicted molar refractivity (Wildman–Crippen MR) is 81.2 cm³/mol. The van der Waals surface area contributed by atoms with Crippen LogP contribution in [-0.4, -0.2) is 26.2 Å². The van der Waals surface area contributed by atoms with Gasteiger partial charge >= 0.3 is 5.97 Å². The van der Waals surface area contributed by atoms with Gasteiger partial charge in [0.15, 0.2) is 12.4 Å². The first-order chi connectivity index (χ1) is 10.8. The molecule has 0 amide bonds. The molecule has 0 N–H and O–H groups in total. The van der Waals surface area contributed by atoms with E-state index in [0.29, 0.717) is 17.9 Å². The molecule has 3 rings (SSSR count). The second-order valence-electron chi connectivity index (χ2n) is 4.96. The van der Waals surface area contributed by atoms with Gasteiger partial charge in [0.25, 0.3) is 0 Å². The van der Waals surface area contributed by atoms with Crippen LogP contribution in [0.3, 0.4) is 0 Å². The van der Waals surface area contributed by atoms with Crippen molar-refractivity contribution in [2.75, 3.05) is 0 Å². The number of benzene rings is 2. The van der Waals surface area contributed by atoms with E-state index >= 15 is 0 Å². The van der Waals surface area contributed by atoms with E-state index < -0.39 is 0 Å². The lowest BCUT2D eigenvalue weighted by Gasteiger charge is -2.06. The van der Waals surface area contributed by atoms with Crippen molar-refractivity contribution in [1.82, 2.24) is 20.2 Å². The Morgan fingerprint density at radius 3 is 2.82 bits per heavy atom. The Kier molecular flexibility index (Phi) is 4.09. The molecule has 2 aromatic carbocycles. The first kappa shape index (κ1) is 14.2. The van der Waals surface area contributed by atoms with Crippen LogP contribution in [0, 0.1) is 0 Å². The molecular weight excluding hydrogens is 280 g/mol. The number of aromatic nitrogens is 4. The van der Waals surface area contributed by atoms with E-state index in [-0.39, 0.29) is 12.6 Å². The molecule has 1 aromatic heterocycles. The number of fused-ring (bicyclic) bond motifs is 1. The predicted octanol–water partition coefficient (Wildman–Crippen LogP) is 2.59. The summed E-state index contributed by atoms with van der Waals surface area (Å²) >= 11 is 0. The summed E-state index contributed by atoms with van der Waals surface area (Å²) in [5, 5.41) is 13.4. The molecule has 0 aliphatic heterocycles. The minimum absolute atomic E-state index is 0.0681. The lowest BCUT2D eigenvalue weighted by molar-refractivity contribution is 0.0456. The highest BCUT2D eigenvalue weighted by molar-refractivity contribution is 5.95. The summed E-state index contributed by atoms with van der Waals surface area (Å²) < 4.78 is 6.95. The number of rotatable bonds is 5. The molecule has 1 heterocycles. The normalized spacial score (nSPS) is 10.8. The summed E-state index contributed by atoms with van der Waals surface area (Å²) in [6.45, 7) is 2.81. The Balaban J connectivity index is 1.71. The zero-order valence-electron chi connectivity index (χ0n) is 12.3. The molecule has 112 valence electrons. The van der Waals surface area contributed by atoms with Crippen molar-refractivity contribution in [2.45, 2.75) is 26.5 Å². The smallest absolute Gasteiger partial charge is 0.338 e. The van der Waals surface area contributed by atoms with Crippen molar-refractivity contribution in [2.24, 2.45) is 0 Å². The molecule has 0 aliphatic carbocycles. The molecule has 0 saturated heterocycles. The molecule has 0 radical (unpaired) electrons. The van der Waals surface area contributed by atoms with E-state index in [2.05, 4.69) is 15.5 Å². The first-order valence-corrected chi connectivity index (χ1v) is 7.19. The Hall–Kier alpha value is -2.76. The van der Waals surface area contributed by atoms with Crippen LogP contribution < -0.4 is 0 Å². The summed E-state index contributed by atoms with van der Waals surface area (Å²) in [7, 11) is 0. The van der Waals surface area contributed by atoms with Crippen LogP contribution in [-0.2, 0) is 17.9 Å². The van der Waals surface area contributed by atoms with Crippen LogP contribution in [0.25, 0.3) is 10.8 Å². The van der Waals surface area contributed by atoms with Crippen LogP contribution >= 0.6 is 0 Å². The number of aryl methyl sites for hydroxylation is 1. The quantitative estimate of drug-likeness (QED) is 0.677. The Labute approximate surface area is 127 Å². The third-order valence-corrected chi connectivity index (χ3v) is 3.36. The van der Waals surface area contributed by atoms with Crippen molar-refractivity contribution in [3.8, 4) is 0 Å². The number of esters is 1. The summed E-state index contributed by atoms with van der Waals surface area (Å²) in [5.41, 5.74) is 0.521. The highest BCUT2D eigenvalue weighted by Gasteiger charge is 2.11. The van der Waals surface area contributed by atoms with Gasteiger partial charge in [0, 0.05) is 6.54 Å². The third-order valence-electron chi connectivity index (χ3n) is 3.36. The lowest BCUT2D eigenvalue weighted by Crippen LogP contribution is -2.11. The molecule has 0 saturated carbocycles. The van der Waals surface area contributed by atoms with Crippen LogP contribution in [0.4, 0.5) is 0 Å². The van der Waals surface area contributed by atoms with Gasteiger partial charge in [-0.25, -0.2) is 9.48 Å². The number of hydrogen-bond acceptors (Lipinski definition) is 5. The van der Waals surface area contributed by atoms with Crippen LogP contribution in [0.2, 0.25) is 0 Å². The number of carbonyl (C=O) groups excluding carboxylic acids is 1. The molecule has 6 nitrogen and oxygen atoms in total. The monoisotopic (exact) mass is 296 g/mol. The van der Waals surface area contributed by atoms with Crippen LogP contribution in [0.1, 0.15) is 29.5 Å². The minimum atomic E-state index is -0.378. The molecule has 3 aromatic rings. The van der Waals surface area contributed by atoms with Crippen molar-refractivity contribution in [1.29, 1.82) is 0 Å². The van der Waals surface area contributed by atoms with Gasteiger partial charge in [-0.15, -0.1) is 5.10 Å². The second-order valence-corrected chi connectivity index (χ2v) is 4.96. The van der Waals surface area contributed by atoms with Crippen molar-refractivity contribution in [3.63, 3.8) is 0 Å². The van der Waals surface area contributed by atoms with Gasteiger partial charge in [0.05, 0.1) is 5.56 Å². The zero-order valence-corrected chi connectivity index (χ0v) is 12.3. The standard InChI is InChI=1S/C16H16N4O2/c1-2-9-20-15(17-18-19-20)11-22-16(21)14-8-7-12-5-3-4-6-13(12)10-14/h3-8,10H,2,9,11H2,1H3. The number of tetrazole rings is 1. The van der Waals surface area contributed by atoms with E-state index in [1.165, 1.54) is 0 Å². The number of ether oxygens (including phenoxy) is 1. The molecule has 0 spiro atoms. The average molecular weight is 296 g/mol. The van der Waals surface area contributed by atoms with Crippen molar-refractivity contribution < 1.29 is 9.53 Å². The van der Waals surface area contributed by atoms with Crippen molar-refractivity contribution >= 4 is 16.7 Å². The van der Waals surface area contributed by atoms with E-state index in [4.69, 9.17) is 4.74 Å². The Bertz CT molecular complexity index is 797. The molecule has 6 heteroatoms. The van der Waals surface area contributed by atoms with E-state index in [0.717, 1.165) is 17.2 Å². The van der Waals surface area contributed by atoms with Gasteiger partial charge < -0.3 is 4.74 Å². The molecule has 0 fully saturated rings. The largest absolute Gasteiger partial charge is 0.454 e. The Morgan fingerprint density at radius 2 is 2.00 bits per heavy atom. The number of hydrogen-bond donors (Lipinski definition) is 0. The SMILES string of the molecule is CCCn1nnnc1COC(=O)c1ccc2ccccc2c1. The fourth-order valence-corrected chi connectivity index (χ4v) is 2.24. The van der Waals surface area contributed by atoms with Crippen LogP contribution in [0.5, 0.6) is 0 Å². The van der Waals surface area contributed by atoms with Gasteiger partial charge in [-0.1, -0.05) is 37.3 Å². The van der Waals surface area contributed by atoms with Gasteiger partial charge in [0.2, 0.25) is 0 Å². The Morgan fingerprint density at radius 1 is 1.18 bits per heavy atom. The highest BCUT2D eigenvalue weighted by atomic mass is 16.5. The molecule has 0 bridgehead atoms. The average Bonchev–Trinajstić information content (AvgIpc) is 3.00. The topological polar surface area (TPSA) is 69.9 Å². The van der Waals surface area contributed by atoms with Gasteiger partial charge in [0.1, 0.15) is 0 Å². The van der Waals surface area contributed by atoms with Gasteiger partial charge in [-0.2, -0.15) is 0 Å². The first-order valence-electron chi connectivity index (χ1n) is 7.19. The second kappa shape index (κ2) is 6.34. The maximum absolute atomic E-state index is 12.2. The third kappa shape index (κ3) is 2.95. The summed E-state index contributed by atoms with van der Waals surface area (Å²) in [5.74, 6) is 0.174. The minimum Gasteiger partial charge on any atom is -0.454 e. The molecule has 22 heavy (non-hydrogen) atoms. The molecule has 0 unspecified atom stereocenters. The van der Waals surface area contributed by atoms with E-state index in [1.54, 1.807) is 10.7 Å². The van der Waals surface area contributed by atoms with E-state index in [9.17, 15) is 4.79 Å². The van der Waals surface area contributed by atoms with Gasteiger partial charge in [-0.05, 0) is 39.8 Å².